The van der Waals surface area contributed by atoms with Crippen LogP contribution in [0.4, 0.5) is 0 Å². The lowest BCUT2D eigenvalue weighted by molar-refractivity contribution is -0.313. The second-order valence-electron chi connectivity index (χ2n) is 5.42. The molecule has 5 nitrogen and oxygen atoms in total. The number of carbonyl (C=O) groups excluding carboxylic acids is 2. The average Bonchev–Trinajstić information content (AvgIpc) is 2.89. The van der Waals surface area contributed by atoms with Crippen LogP contribution in [0.2, 0.25) is 0 Å². The second-order valence-corrected chi connectivity index (χ2v) is 5.42. The Balaban J connectivity index is 1.76. The normalized spacial score (nSPS) is 46.7. The van der Waals surface area contributed by atoms with Gasteiger partial charge in [0.05, 0.1) is 18.6 Å². The highest BCUT2D eigenvalue weighted by molar-refractivity contribution is 5.90. The van der Waals surface area contributed by atoms with E-state index < -0.39 is 29.5 Å². The molecule has 0 N–H and O–H groups in total. The Bertz CT molecular complexity index is 455. The summed E-state index contributed by atoms with van der Waals surface area (Å²) in [7, 11) is 0. The molecular weight excluding hydrogens is 222 g/mol. The molecule has 90 valence electrons. The highest BCUT2D eigenvalue weighted by Crippen LogP contribution is 2.53. The number of carboxylic acids is 1. The number of carboxylic acid groups (broad SMARTS) is 1. The van der Waals surface area contributed by atoms with Gasteiger partial charge >= 0.3 is 0 Å². The Kier molecular flexibility index (Phi) is 1.54. The van der Waals surface area contributed by atoms with Crippen molar-refractivity contribution in [2.24, 2.45) is 11.8 Å². The van der Waals surface area contributed by atoms with E-state index in [0.717, 1.165) is 12.8 Å². The summed E-state index contributed by atoms with van der Waals surface area (Å²) in [4.78, 5) is 25.3. The fraction of sp³-hybridized carbons (Fsp3) is 0.667. The first-order chi connectivity index (χ1) is 8.12. The molecule has 0 aromatic rings. The van der Waals surface area contributed by atoms with Crippen LogP contribution in [0.25, 0.3) is 0 Å². The summed E-state index contributed by atoms with van der Waals surface area (Å²) in [5.74, 6) is -2.61. The zero-order valence-corrected chi connectivity index (χ0v) is 9.17. The minimum absolute atomic E-state index is 0.0615. The van der Waals surface area contributed by atoms with Gasteiger partial charge in [0.1, 0.15) is 5.60 Å². The Morgan fingerprint density at radius 3 is 2.94 bits per heavy atom. The largest absolute Gasteiger partial charge is 0.550 e. The van der Waals surface area contributed by atoms with Crippen LogP contribution in [0.5, 0.6) is 0 Å². The van der Waals surface area contributed by atoms with Crippen LogP contribution < -0.4 is 5.11 Å². The van der Waals surface area contributed by atoms with Crippen molar-refractivity contribution in [3.63, 3.8) is 0 Å². The molecule has 4 atom stereocenters. The number of nitrogens with zero attached hydrogens (tertiary/aromatic N) is 1. The summed E-state index contributed by atoms with van der Waals surface area (Å²) >= 11 is 0. The molecule has 5 heteroatoms. The number of likely N-dealkylation sites (tertiary alicyclic amines) is 1. The molecule has 1 aliphatic carbocycles. The van der Waals surface area contributed by atoms with Crippen LogP contribution in [0.1, 0.15) is 12.8 Å². The molecule has 2 saturated heterocycles. The maximum Gasteiger partial charge on any atom is 0.230 e. The molecule has 17 heavy (non-hydrogen) atoms. The lowest BCUT2D eigenvalue weighted by Crippen LogP contribution is -2.45. The summed E-state index contributed by atoms with van der Waals surface area (Å²) in [5, 5.41) is 11.2. The molecule has 1 saturated carbocycles. The van der Waals surface area contributed by atoms with Crippen LogP contribution in [0, 0.1) is 11.8 Å². The molecule has 1 amide bonds. The lowest BCUT2D eigenvalue weighted by Gasteiger charge is -2.24. The van der Waals surface area contributed by atoms with Gasteiger partial charge in [0, 0.05) is 17.9 Å². The number of amides is 1. The number of fused-ring (bicyclic) bond motifs is 1. The highest BCUT2D eigenvalue weighted by Gasteiger charge is 2.66. The molecule has 0 unspecified atom stereocenters. The van der Waals surface area contributed by atoms with Crippen molar-refractivity contribution in [2.75, 3.05) is 6.54 Å². The standard InChI is InChI=1S/C12H13NO4/c14-10-9-8(11(15)16)7-3-4-12(9,17-7)5-13(10)6-1-2-6/h3-4,6-9H,1-2,5H2,(H,15,16)/p-1/t7-,8-,9-,12+/m0/s1. The number of ether oxygens (including phenoxy) is 1. The zero-order chi connectivity index (χ0) is 11.8. The van der Waals surface area contributed by atoms with Gasteiger partial charge in [-0.2, -0.15) is 0 Å². The SMILES string of the molecule is O=C([O-])[C@H]1[C@@H]2C=C[C@]3(CN(C4CC4)C(=O)[C@H]13)O2. The first-order valence-corrected chi connectivity index (χ1v) is 6.01. The predicted octanol–water partition coefficient (Wildman–Crippen LogP) is -1.32. The van der Waals surface area contributed by atoms with Gasteiger partial charge in [0.2, 0.25) is 5.91 Å². The Morgan fingerprint density at radius 1 is 1.53 bits per heavy atom. The minimum Gasteiger partial charge on any atom is -0.550 e. The number of hydrogen-bond acceptors (Lipinski definition) is 4. The van der Waals surface area contributed by atoms with Crippen LogP contribution in [-0.2, 0) is 14.3 Å². The van der Waals surface area contributed by atoms with E-state index in [1.54, 1.807) is 11.0 Å². The molecule has 0 aromatic carbocycles. The predicted molar refractivity (Wildman–Crippen MR) is 53.5 cm³/mol. The molecule has 4 aliphatic rings. The van der Waals surface area contributed by atoms with E-state index in [4.69, 9.17) is 4.74 Å². The van der Waals surface area contributed by atoms with Crippen molar-refractivity contribution in [1.82, 2.24) is 4.90 Å². The molecule has 0 aromatic heterocycles. The van der Waals surface area contributed by atoms with Crippen molar-refractivity contribution in [3.8, 4) is 0 Å². The van der Waals surface area contributed by atoms with Crippen molar-refractivity contribution in [3.05, 3.63) is 12.2 Å². The third-order valence-electron chi connectivity index (χ3n) is 4.39. The maximum atomic E-state index is 12.3. The van der Waals surface area contributed by atoms with Gasteiger partial charge < -0.3 is 19.5 Å². The Labute approximate surface area is 98.0 Å². The number of rotatable bonds is 2. The molecular formula is C12H12NO4-. The van der Waals surface area contributed by atoms with Gasteiger partial charge in [-0.1, -0.05) is 12.2 Å². The quantitative estimate of drug-likeness (QED) is 0.556. The van der Waals surface area contributed by atoms with Crippen molar-refractivity contribution in [1.29, 1.82) is 0 Å². The first kappa shape index (κ1) is 9.65. The van der Waals surface area contributed by atoms with Gasteiger partial charge in [-0.05, 0) is 12.8 Å². The monoisotopic (exact) mass is 234 g/mol. The zero-order valence-electron chi connectivity index (χ0n) is 9.17. The van der Waals surface area contributed by atoms with Gasteiger partial charge in [-0.15, -0.1) is 0 Å². The molecule has 2 bridgehead atoms. The van der Waals surface area contributed by atoms with E-state index in [1.807, 2.05) is 6.08 Å². The van der Waals surface area contributed by atoms with Crippen LogP contribution >= 0.6 is 0 Å². The van der Waals surface area contributed by atoms with E-state index in [1.165, 1.54) is 0 Å². The number of aliphatic carboxylic acids is 1. The summed E-state index contributed by atoms with van der Waals surface area (Å²) < 4.78 is 5.74. The van der Waals surface area contributed by atoms with Crippen LogP contribution in [0.3, 0.4) is 0 Å². The summed E-state index contributed by atoms with van der Waals surface area (Å²) in [6.45, 7) is 0.512. The van der Waals surface area contributed by atoms with E-state index in [9.17, 15) is 14.7 Å². The van der Waals surface area contributed by atoms with Crippen LogP contribution in [0.15, 0.2) is 12.2 Å². The average molecular weight is 234 g/mol. The van der Waals surface area contributed by atoms with E-state index >= 15 is 0 Å². The molecule has 0 radical (unpaired) electrons. The van der Waals surface area contributed by atoms with Gasteiger partial charge in [-0.25, -0.2) is 0 Å². The van der Waals surface area contributed by atoms with Crippen molar-refractivity contribution < 1.29 is 19.4 Å². The fourth-order valence-corrected chi connectivity index (χ4v) is 3.49. The van der Waals surface area contributed by atoms with Gasteiger partial charge in [0.25, 0.3) is 0 Å². The molecule has 3 heterocycles. The molecule has 1 spiro atoms. The third kappa shape index (κ3) is 1.03. The van der Waals surface area contributed by atoms with E-state index in [2.05, 4.69) is 0 Å². The van der Waals surface area contributed by atoms with Gasteiger partial charge in [-0.3, -0.25) is 4.79 Å². The molecule has 3 fully saturated rings. The van der Waals surface area contributed by atoms with Crippen molar-refractivity contribution in [2.45, 2.75) is 30.6 Å². The topological polar surface area (TPSA) is 69.7 Å². The van der Waals surface area contributed by atoms with Crippen molar-refractivity contribution >= 4 is 11.9 Å². The number of carbonyl (C=O) groups is 2. The van der Waals surface area contributed by atoms with E-state index in [-0.39, 0.29) is 5.91 Å². The summed E-state index contributed by atoms with van der Waals surface area (Å²) in [5.41, 5.74) is -0.685. The molecule has 3 aliphatic heterocycles. The van der Waals surface area contributed by atoms with Gasteiger partial charge in [0.15, 0.2) is 0 Å². The third-order valence-corrected chi connectivity index (χ3v) is 4.39. The molecule has 4 rings (SSSR count). The fourth-order valence-electron chi connectivity index (χ4n) is 3.49. The van der Waals surface area contributed by atoms with E-state index in [0.29, 0.717) is 12.6 Å². The smallest absolute Gasteiger partial charge is 0.230 e. The maximum absolute atomic E-state index is 12.3. The summed E-state index contributed by atoms with van der Waals surface area (Å²) in [6, 6.07) is 0.306. The Morgan fingerprint density at radius 2 is 2.29 bits per heavy atom. The second kappa shape index (κ2) is 2.72. The highest BCUT2D eigenvalue weighted by atomic mass is 16.5. The lowest BCUT2D eigenvalue weighted by atomic mass is 9.77. The summed E-state index contributed by atoms with van der Waals surface area (Å²) in [6.07, 6.45) is 5.22. The van der Waals surface area contributed by atoms with Crippen LogP contribution in [-0.4, -0.2) is 41.1 Å². The first-order valence-electron chi connectivity index (χ1n) is 6.01. The number of hydrogen-bond donors (Lipinski definition) is 0. The Hall–Kier alpha value is -1.36. The minimum atomic E-state index is -1.17.